The maximum atomic E-state index is 8.65. The Hall–Kier alpha value is -0.120. The third-order valence-electron chi connectivity index (χ3n) is 2.77. The van der Waals surface area contributed by atoms with Gasteiger partial charge in [-0.05, 0) is 12.8 Å². The van der Waals surface area contributed by atoms with Gasteiger partial charge in [-0.15, -0.1) is 0 Å². The van der Waals surface area contributed by atoms with E-state index in [2.05, 4.69) is 10.2 Å². The first-order valence-corrected chi connectivity index (χ1v) is 4.48. The molecule has 2 aliphatic heterocycles. The SMILES string of the molecule is OCCCN1CC2CC1CN2. The molecule has 2 unspecified atom stereocenters. The van der Waals surface area contributed by atoms with Gasteiger partial charge in [0, 0.05) is 38.3 Å². The number of rotatable bonds is 3. The molecule has 0 spiro atoms. The van der Waals surface area contributed by atoms with Crippen LogP contribution in [0.15, 0.2) is 0 Å². The molecule has 2 bridgehead atoms. The summed E-state index contributed by atoms with van der Waals surface area (Å²) >= 11 is 0. The van der Waals surface area contributed by atoms with Gasteiger partial charge in [0.25, 0.3) is 0 Å². The minimum Gasteiger partial charge on any atom is -0.396 e. The molecule has 11 heavy (non-hydrogen) atoms. The molecular formula is C8H16N2O. The lowest BCUT2D eigenvalue weighted by Gasteiger charge is -2.26. The quantitative estimate of drug-likeness (QED) is 0.573. The van der Waals surface area contributed by atoms with E-state index in [0.29, 0.717) is 6.61 Å². The summed E-state index contributed by atoms with van der Waals surface area (Å²) in [5.74, 6) is 0. The molecule has 2 aliphatic rings. The number of hydrogen-bond acceptors (Lipinski definition) is 3. The number of aliphatic hydroxyl groups is 1. The Bertz CT molecular complexity index is 140. The van der Waals surface area contributed by atoms with Crippen molar-refractivity contribution in [2.24, 2.45) is 0 Å². The normalized spacial score (nSPS) is 36.8. The lowest BCUT2D eigenvalue weighted by atomic mass is 10.2. The zero-order valence-corrected chi connectivity index (χ0v) is 6.79. The zero-order chi connectivity index (χ0) is 7.68. The molecule has 2 saturated heterocycles. The number of fused-ring (bicyclic) bond motifs is 2. The van der Waals surface area contributed by atoms with Crippen molar-refractivity contribution in [2.45, 2.75) is 24.9 Å². The highest BCUT2D eigenvalue weighted by atomic mass is 16.3. The number of aliphatic hydroxyl groups excluding tert-OH is 1. The van der Waals surface area contributed by atoms with E-state index in [1.807, 2.05) is 0 Å². The fraction of sp³-hybridized carbons (Fsp3) is 1.00. The van der Waals surface area contributed by atoms with Gasteiger partial charge < -0.3 is 10.4 Å². The van der Waals surface area contributed by atoms with Crippen LogP contribution >= 0.6 is 0 Å². The van der Waals surface area contributed by atoms with Crippen molar-refractivity contribution in [1.29, 1.82) is 0 Å². The molecule has 2 rings (SSSR count). The van der Waals surface area contributed by atoms with Gasteiger partial charge in [-0.2, -0.15) is 0 Å². The van der Waals surface area contributed by atoms with Gasteiger partial charge in [0.15, 0.2) is 0 Å². The molecule has 2 heterocycles. The predicted octanol–water partition coefficient (Wildman–Crippen LogP) is -0.585. The van der Waals surface area contributed by atoms with Crippen LogP contribution in [0.1, 0.15) is 12.8 Å². The minimum absolute atomic E-state index is 0.335. The van der Waals surface area contributed by atoms with Crippen molar-refractivity contribution < 1.29 is 5.11 Å². The smallest absolute Gasteiger partial charge is 0.0443 e. The number of piperazine rings is 1. The average Bonchev–Trinajstić information content (AvgIpc) is 2.60. The Morgan fingerprint density at radius 3 is 3.00 bits per heavy atom. The molecule has 3 nitrogen and oxygen atoms in total. The molecule has 0 aliphatic carbocycles. The fourth-order valence-electron chi connectivity index (χ4n) is 2.19. The molecular weight excluding hydrogens is 140 g/mol. The maximum Gasteiger partial charge on any atom is 0.0443 e. The van der Waals surface area contributed by atoms with Crippen LogP contribution in [0.4, 0.5) is 0 Å². The van der Waals surface area contributed by atoms with Gasteiger partial charge in [0.1, 0.15) is 0 Å². The summed E-state index contributed by atoms with van der Waals surface area (Å²) in [6.07, 6.45) is 2.26. The van der Waals surface area contributed by atoms with Crippen LogP contribution in [-0.2, 0) is 0 Å². The lowest BCUT2D eigenvalue weighted by molar-refractivity contribution is 0.196. The number of nitrogens with one attached hydrogen (secondary N) is 1. The van der Waals surface area contributed by atoms with Crippen LogP contribution in [0.2, 0.25) is 0 Å². The molecule has 64 valence electrons. The van der Waals surface area contributed by atoms with E-state index in [1.165, 1.54) is 13.0 Å². The van der Waals surface area contributed by atoms with Crippen molar-refractivity contribution in [3.05, 3.63) is 0 Å². The van der Waals surface area contributed by atoms with E-state index >= 15 is 0 Å². The Morgan fingerprint density at radius 2 is 2.45 bits per heavy atom. The summed E-state index contributed by atoms with van der Waals surface area (Å²) in [5, 5.41) is 12.1. The second kappa shape index (κ2) is 3.09. The van der Waals surface area contributed by atoms with Crippen molar-refractivity contribution >= 4 is 0 Å². The summed E-state index contributed by atoms with van der Waals surface area (Å²) in [6.45, 7) is 3.78. The second-order valence-electron chi connectivity index (χ2n) is 3.57. The number of likely N-dealkylation sites (tertiary alicyclic amines) is 1. The van der Waals surface area contributed by atoms with E-state index in [0.717, 1.165) is 31.6 Å². The Morgan fingerprint density at radius 1 is 1.55 bits per heavy atom. The summed E-state index contributed by atoms with van der Waals surface area (Å²) in [6, 6.07) is 1.52. The number of nitrogens with zero attached hydrogens (tertiary/aromatic N) is 1. The van der Waals surface area contributed by atoms with Gasteiger partial charge >= 0.3 is 0 Å². The standard InChI is InChI=1S/C8H16N2O/c11-3-1-2-10-6-7-4-8(10)5-9-7/h7-9,11H,1-6H2. The zero-order valence-electron chi connectivity index (χ0n) is 6.79. The summed E-state index contributed by atoms with van der Waals surface area (Å²) < 4.78 is 0. The third kappa shape index (κ3) is 1.41. The van der Waals surface area contributed by atoms with Gasteiger partial charge in [-0.3, -0.25) is 4.90 Å². The van der Waals surface area contributed by atoms with Crippen LogP contribution in [0.25, 0.3) is 0 Å². The molecule has 2 N–H and O–H groups in total. The summed E-state index contributed by atoms with van der Waals surface area (Å²) in [5.41, 5.74) is 0. The highest BCUT2D eigenvalue weighted by molar-refractivity contribution is 4.96. The highest BCUT2D eigenvalue weighted by Crippen LogP contribution is 2.22. The molecule has 2 fully saturated rings. The first-order chi connectivity index (χ1) is 5.40. The third-order valence-corrected chi connectivity index (χ3v) is 2.77. The molecule has 3 heteroatoms. The van der Waals surface area contributed by atoms with Crippen LogP contribution in [0.5, 0.6) is 0 Å². The van der Waals surface area contributed by atoms with Gasteiger partial charge in [0.05, 0.1) is 0 Å². The van der Waals surface area contributed by atoms with Crippen LogP contribution in [-0.4, -0.2) is 48.3 Å². The molecule has 0 saturated carbocycles. The molecule has 0 aromatic rings. The van der Waals surface area contributed by atoms with Crippen molar-refractivity contribution in [2.75, 3.05) is 26.2 Å². The van der Waals surface area contributed by atoms with E-state index in [1.54, 1.807) is 0 Å². The van der Waals surface area contributed by atoms with E-state index in [-0.39, 0.29) is 0 Å². The molecule has 0 radical (unpaired) electrons. The Kier molecular flexibility index (Phi) is 2.11. The lowest BCUT2D eigenvalue weighted by Crippen LogP contribution is -2.43. The molecule has 0 amide bonds. The molecule has 2 atom stereocenters. The first kappa shape index (κ1) is 7.53. The summed E-state index contributed by atoms with van der Waals surface area (Å²) in [7, 11) is 0. The van der Waals surface area contributed by atoms with Crippen molar-refractivity contribution in [3.63, 3.8) is 0 Å². The molecule has 0 aromatic carbocycles. The van der Waals surface area contributed by atoms with E-state index in [9.17, 15) is 0 Å². The van der Waals surface area contributed by atoms with Crippen molar-refractivity contribution in [3.8, 4) is 0 Å². The van der Waals surface area contributed by atoms with E-state index < -0.39 is 0 Å². The monoisotopic (exact) mass is 156 g/mol. The topological polar surface area (TPSA) is 35.5 Å². The van der Waals surface area contributed by atoms with Crippen molar-refractivity contribution in [1.82, 2.24) is 10.2 Å². The minimum atomic E-state index is 0.335. The first-order valence-electron chi connectivity index (χ1n) is 4.48. The van der Waals surface area contributed by atoms with Crippen LogP contribution < -0.4 is 5.32 Å². The average molecular weight is 156 g/mol. The van der Waals surface area contributed by atoms with E-state index in [4.69, 9.17) is 5.11 Å². The Balaban J connectivity index is 1.78. The van der Waals surface area contributed by atoms with Crippen LogP contribution in [0, 0.1) is 0 Å². The van der Waals surface area contributed by atoms with Crippen LogP contribution in [0.3, 0.4) is 0 Å². The fourth-order valence-corrected chi connectivity index (χ4v) is 2.19. The molecule has 0 aromatic heterocycles. The largest absolute Gasteiger partial charge is 0.396 e. The Labute approximate surface area is 67.4 Å². The maximum absolute atomic E-state index is 8.65. The number of hydrogen-bond donors (Lipinski definition) is 2. The second-order valence-corrected chi connectivity index (χ2v) is 3.57. The highest BCUT2D eigenvalue weighted by Gasteiger charge is 2.36. The van der Waals surface area contributed by atoms with Gasteiger partial charge in [-0.25, -0.2) is 0 Å². The van der Waals surface area contributed by atoms with Gasteiger partial charge in [-0.1, -0.05) is 0 Å². The van der Waals surface area contributed by atoms with Gasteiger partial charge in [0.2, 0.25) is 0 Å². The summed E-state index contributed by atoms with van der Waals surface area (Å²) in [4.78, 5) is 2.50. The predicted molar refractivity (Wildman–Crippen MR) is 43.5 cm³/mol.